The van der Waals surface area contributed by atoms with Crippen LogP contribution in [0, 0.1) is 0 Å². The molecule has 3 aromatic rings. The number of nitrogens with zero attached hydrogens (tertiary/aromatic N) is 5. The topological polar surface area (TPSA) is 102 Å². The third-order valence-corrected chi connectivity index (χ3v) is 4.74. The van der Waals surface area contributed by atoms with E-state index in [0.717, 1.165) is 30.9 Å². The molecule has 1 N–H and O–H groups in total. The Kier molecular flexibility index (Phi) is 5.63. The second-order valence-electron chi connectivity index (χ2n) is 6.72. The molecular weight excluding hydrogens is 360 g/mol. The molecular formula is C19H24N6O3. The minimum Gasteiger partial charge on any atom is -0.494 e. The summed E-state index contributed by atoms with van der Waals surface area (Å²) in [6.07, 6.45) is 1.10. The number of nitrogens with one attached hydrogen (secondary N) is 1. The summed E-state index contributed by atoms with van der Waals surface area (Å²) in [6, 6.07) is 7.76. The first-order valence-electron chi connectivity index (χ1n) is 9.52. The van der Waals surface area contributed by atoms with E-state index in [0.29, 0.717) is 42.9 Å². The second-order valence-corrected chi connectivity index (χ2v) is 6.72. The molecule has 148 valence electrons. The average molecular weight is 384 g/mol. The van der Waals surface area contributed by atoms with Crippen molar-refractivity contribution in [2.24, 2.45) is 0 Å². The molecule has 0 radical (unpaired) electrons. The molecule has 9 heteroatoms. The zero-order valence-corrected chi connectivity index (χ0v) is 16.1. The van der Waals surface area contributed by atoms with Crippen molar-refractivity contribution in [1.82, 2.24) is 30.5 Å². The molecule has 28 heavy (non-hydrogen) atoms. The Morgan fingerprint density at radius 3 is 2.61 bits per heavy atom. The number of aryl methyl sites for hydroxylation is 2. The summed E-state index contributed by atoms with van der Waals surface area (Å²) in [6.45, 7) is 5.35. The molecule has 2 aromatic heterocycles. The number of benzene rings is 1. The highest BCUT2D eigenvalue weighted by molar-refractivity contribution is 5.55. The molecule has 0 bridgehead atoms. The first-order chi connectivity index (χ1) is 13.7. The van der Waals surface area contributed by atoms with Gasteiger partial charge in [0.15, 0.2) is 5.82 Å². The van der Waals surface area contributed by atoms with E-state index in [2.05, 4.69) is 37.5 Å². The van der Waals surface area contributed by atoms with Crippen LogP contribution < -0.4 is 10.1 Å². The number of likely N-dealkylation sites (N-methyl/N-ethyl adjacent to an activating group) is 1. The molecule has 1 aliphatic rings. The van der Waals surface area contributed by atoms with Gasteiger partial charge in [-0.2, -0.15) is 9.97 Å². The van der Waals surface area contributed by atoms with Crippen LogP contribution in [0.4, 0.5) is 0 Å². The Hall–Kier alpha value is -2.78. The van der Waals surface area contributed by atoms with Gasteiger partial charge < -0.3 is 19.1 Å². The third kappa shape index (κ3) is 4.20. The first kappa shape index (κ1) is 18.6. The van der Waals surface area contributed by atoms with Gasteiger partial charge >= 0.3 is 0 Å². The molecule has 1 saturated heterocycles. The number of rotatable bonds is 7. The Balaban J connectivity index is 1.36. The van der Waals surface area contributed by atoms with Gasteiger partial charge in [-0.15, -0.1) is 0 Å². The molecule has 0 aliphatic carbocycles. The van der Waals surface area contributed by atoms with Crippen molar-refractivity contribution in [3.8, 4) is 17.1 Å². The van der Waals surface area contributed by atoms with Crippen molar-refractivity contribution >= 4 is 0 Å². The largest absolute Gasteiger partial charge is 0.494 e. The molecule has 1 aliphatic heterocycles. The SMILES string of the molecule is CCOc1ccc(-c2noc(CCc3nc(C4CNCCN4C)no3)n2)cc1. The van der Waals surface area contributed by atoms with Crippen molar-refractivity contribution in [3.05, 3.63) is 41.9 Å². The number of hydrogen-bond donors (Lipinski definition) is 1. The van der Waals surface area contributed by atoms with Crippen molar-refractivity contribution in [1.29, 1.82) is 0 Å². The minimum absolute atomic E-state index is 0.140. The molecule has 1 aromatic carbocycles. The van der Waals surface area contributed by atoms with Crippen LogP contribution in [0.15, 0.2) is 33.3 Å². The number of hydrogen-bond acceptors (Lipinski definition) is 9. The highest BCUT2D eigenvalue weighted by Crippen LogP contribution is 2.21. The molecule has 0 amide bonds. The molecule has 0 saturated carbocycles. The Labute approximate surface area is 163 Å². The molecule has 1 fully saturated rings. The lowest BCUT2D eigenvalue weighted by Gasteiger charge is -2.30. The highest BCUT2D eigenvalue weighted by atomic mass is 16.5. The maximum Gasteiger partial charge on any atom is 0.227 e. The van der Waals surface area contributed by atoms with E-state index < -0.39 is 0 Å². The van der Waals surface area contributed by atoms with Gasteiger partial charge in [0.05, 0.1) is 12.6 Å². The molecule has 1 unspecified atom stereocenters. The Morgan fingerprint density at radius 2 is 1.86 bits per heavy atom. The predicted molar refractivity (Wildman–Crippen MR) is 101 cm³/mol. The molecule has 1 atom stereocenters. The van der Waals surface area contributed by atoms with E-state index in [-0.39, 0.29) is 6.04 Å². The summed E-state index contributed by atoms with van der Waals surface area (Å²) in [7, 11) is 2.07. The van der Waals surface area contributed by atoms with Gasteiger partial charge in [-0.05, 0) is 38.2 Å². The maximum absolute atomic E-state index is 5.45. The average Bonchev–Trinajstić information content (AvgIpc) is 3.37. The van der Waals surface area contributed by atoms with Crippen LogP contribution in [0.2, 0.25) is 0 Å². The monoisotopic (exact) mass is 384 g/mol. The fourth-order valence-electron chi connectivity index (χ4n) is 3.15. The summed E-state index contributed by atoms with van der Waals surface area (Å²) >= 11 is 0. The van der Waals surface area contributed by atoms with Gasteiger partial charge in [-0.1, -0.05) is 10.3 Å². The highest BCUT2D eigenvalue weighted by Gasteiger charge is 2.25. The lowest BCUT2D eigenvalue weighted by Crippen LogP contribution is -2.44. The van der Waals surface area contributed by atoms with Crippen molar-refractivity contribution < 1.29 is 13.8 Å². The van der Waals surface area contributed by atoms with E-state index >= 15 is 0 Å². The predicted octanol–water partition coefficient (Wildman–Crippen LogP) is 1.88. The summed E-state index contributed by atoms with van der Waals surface area (Å²) in [5.41, 5.74) is 0.881. The van der Waals surface area contributed by atoms with Gasteiger partial charge in [0.2, 0.25) is 17.6 Å². The van der Waals surface area contributed by atoms with Crippen molar-refractivity contribution in [3.63, 3.8) is 0 Å². The van der Waals surface area contributed by atoms with Crippen LogP contribution in [-0.2, 0) is 12.8 Å². The minimum atomic E-state index is 0.140. The summed E-state index contributed by atoms with van der Waals surface area (Å²) in [4.78, 5) is 11.2. The smallest absolute Gasteiger partial charge is 0.227 e. The van der Waals surface area contributed by atoms with Gasteiger partial charge in [-0.3, -0.25) is 4.90 Å². The number of piperazine rings is 1. The van der Waals surface area contributed by atoms with E-state index in [1.165, 1.54) is 0 Å². The van der Waals surface area contributed by atoms with Crippen LogP contribution in [0.5, 0.6) is 5.75 Å². The Bertz CT molecular complexity index is 891. The molecule has 3 heterocycles. The molecule has 0 spiro atoms. The zero-order valence-electron chi connectivity index (χ0n) is 16.1. The van der Waals surface area contributed by atoms with Crippen LogP contribution >= 0.6 is 0 Å². The normalized spacial score (nSPS) is 17.7. The lowest BCUT2D eigenvalue weighted by atomic mass is 10.2. The fraction of sp³-hybridized carbons (Fsp3) is 0.474. The summed E-state index contributed by atoms with van der Waals surface area (Å²) in [5, 5.41) is 11.5. The van der Waals surface area contributed by atoms with Gasteiger partial charge in [-0.25, -0.2) is 0 Å². The first-order valence-corrected chi connectivity index (χ1v) is 9.52. The van der Waals surface area contributed by atoms with Crippen molar-refractivity contribution in [2.75, 3.05) is 33.3 Å². The van der Waals surface area contributed by atoms with Crippen molar-refractivity contribution in [2.45, 2.75) is 25.8 Å². The van der Waals surface area contributed by atoms with E-state index in [1.807, 2.05) is 31.2 Å². The summed E-state index contributed by atoms with van der Waals surface area (Å²) in [5.74, 6) is 3.21. The maximum atomic E-state index is 5.45. The molecule has 9 nitrogen and oxygen atoms in total. The van der Waals surface area contributed by atoms with E-state index in [1.54, 1.807) is 0 Å². The summed E-state index contributed by atoms with van der Waals surface area (Å²) < 4.78 is 16.2. The Morgan fingerprint density at radius 1 is 1.11 bits per heavy atom. The van der Waals surface area contributed by atoms with Crippen LogP contribution in [0.1, 0.15) is 30.6 Å². The van der Waals surface area contributed by atoms with E-state index in [9.17, 15) is 0 Å². The van der Waals surface area contributed by atoms with Crippen LogP contribution in [0.3, 0.4) is 0 Å². The lowest BCUT2D eigenvalue weighted by molar-refractivity contribution is 0.190. The van der Waals surface area contributed by atoms with E-state index in [4.69, 9.17) is 13.8 Å². The second kappa shape index (κ2) is 8.49. The molecule has 4 rings (SSSR count). The van der Waals surface area contributed by atoms with Gasteiger partial charge in [0, 0.05) is 38.0 Å². The van der Waals surface area contributed by atoms with Gasteiger partial charge in [0.25, 0.3) is 0 Å². The number of ether oxygens (including phenoxy) is 1. The standard InChI is InChI=1S/C19H24N6O3/c1-3-26-14-6-4-13(5-7-14)18-21-16(27-23-18)8-9-17-22-19(24-28-17)15-12-20-10-11-25(15)2/h4-7,15,20H,3,8-12H2,1-2H3. The number of aromatic nitrogens is 4. The zero-order chi connectivity index (χ0) is 19.3. The fourth-order valence-corrected chi connectivity index (χ4v) is 3.15. The van der Waals surface area contributed by atoms with Gasteiger partial charge in [0.1, 0.15) is 5.75 Å². The third-order valence-electron chi connectivity index (χ3n) is 4.74. The van der Waals surface area contributed by atoms with Crippen LogP contribution in [0.25, 0.3) is 11.4 Å². The quantitative estimate of drug-likeness (QED) is 0.654. The van der Waals surface area contributed by atoms with Crippen LogP contribution in [-0.4, -0.2) is 58.5 Å².